The van der Waals surface area contributed by atoms with E-state index < -0.39 is 113 Å². The highest BCUT2D eigenvalue weighted by molar-refractivity contribution is 5.73. The Bertz CT molecular complexity index is 2100. The number of ether oxygens (including phenoxy) is 8. The zero-order valence-electron chi connectivity index (χ0n) is 43.8. The molecule has 18 atom stereocenters. The molecule has 4 aliphatic rings. The minimum atomic E-state index is -1.63. The van der Waals surface area contributed by atoms with Crippen molar-refractivity contribution in [3.05, 3.63) is 51.8 Å². The number of nitro benzene ring substituents is 1. The summed E-state index contributed by atoms with van der Waals surface area (Å²) < 4.78 is 52.0. The van der Waals surface area contributed by atoms with Gasteiger partial charge in [-0.1, -0.05) is 38.1 Å². The fourth-order valence-corrected chi connectivity index (χ4v) is 11.3. The molecule has 0 aliphatic carbocycles. The number of aliphatic hydroxyl groups excluding tert-OH is 2. The van der Waals surface area contributed by atoms with E-state index in [2.05, 4.69) is 10.3 Å². The summed E-state index contributed by atoms with van der Waals surface area (Å²) in [5.74, 6) is -2.70. The van der Waals surface area contributed by atoms with Crippen LogP contribution in [-0.4, -0.2) is 182 Å². The number of aryl methyl sites for hydroxylation is 2. The first-order chi connectivity index (χ1) is 33.3. The highest BCUT2D eigenvalue weighted by Crippen LogP contribution is 2.42. The molecule has 0 bridgehead atoms. The fraction of sp³-hybridized carbons (Fsp3) is 0.800. The Morgan fingerprint density at radius 1 is 0.986 bits per heavy atom. The predicted octanol–water partition coefficient (Wildman–Crippen LogP) is 4.44. The molecule has 5 heterocycles. The van der Waals surface area contributed by atoms with Gasteiger partial charge >= 0.3 is 12.1 Å². The largest absolute Gasteiger partial charge is 0.509 e. The number of aliphatic hydroxyl groups is 3. The Morgan fingerprint density at radius 2 is 1.68 bits per heavy atom. The van der Waals surface area contributed by atoms with Crippen LogP contribution in [0.15, 0.2) is 30.5 Å². The summed E-state index contributed by atoms with van der Waals surface area (Å²) in [6.45, 7) is 19.6. The lowest BCUT2D eigenvalue weighted by Gasteiger charge is -2.49. The van der Waals surface area contributed by atoms with E-state index in [0.717, 1.165) is 11.3 Å². The van der Waals surface area contributed by atoms with Crippen LogP contribution >= 0.6 is 0 Å². The first kappa shape index (κ1) is 56.4. The zero-order valence-corrected chi connectivity index (χ0v) is 43.8. The van der Waals surface area contributed by atoms with E-state index in [0.29, 0.717) is 45.3 Å². The van der Waals surface area contributed by atoms with Gasteiger partial charge in [0, 0.05) is 75.9 Å². The van der Waals surface area contributed by atoms with Gasteiger partial charge in [0.15, 0.2) is 24.3 Å². The molecule has 4 aliphatic heterocycles. The number of cyclic esters (lactones) is 1. The van der Waals surface area contributed by atoms with Crippen LogP contribution in [0.2, 0.25) is 0 Å². The number of hydrogen-bond donors (Lipinski definition) is 3. The number of benzene rings is 1. The maximum absolute atomic E-state index is 14.7. The molecule has 3 N–H and O–H groups in total. The lowest BCUT2D eigenvalue weighted by molar-refractivity contribution is -0.384. The summed E-state index contributed by atoms with van der Waals surface area (Å²) >= 11 is 0. The summed E-state index contributed by atoms with van der Waals surface area (Å²) in [6.07, 6.45) is -6.15. The van der Waals surface area contributed by atoms with E-state index in [1.807, 2.05) is 64.7 Å². The maximum Gasteiger partial charge on any atom is 0.509 e. The number of likely N-dealkylation sites (N-methyl/N-ethyl adjacent to an activating group) is 2. The minimum Gasteiger partial charge on any atom is -0.458 e. The van der Waals surface area contributed by atoms with Crippen LogP contribution in [-0.2, 0) is 62.1 Å². The van der Waals surface area contributed by atoms with E-state index >= 15 is 0 Å². The Kier molecular flexibility index (Phi) is 18.4. The van der Waals surface area contributed by atoms with Gasteiger partial charge in [-0.05, 0) is 99.7 Å². The third-order valence-corrected chi connectivity index (χ3v) is 15.7. The molecule has 0 unspecified atom stereocenters. The molecule has 4 fully saturated rings. The Hall–Kier alpha value is -3.90. The van der Waals surface area contributed by atoms with Crippen molar-refractivity contribution >= 4 is 17.8 Å². The number of esters is 1. The highest BCUT2D eigenvalue weighted by Gasteiger charge is 2.58. The molecule has 21 nitrogen and oxygen atoms in total. The Morgan fingerprint density at radius 3 is 2.32 bits per heavy atom. The van der Waals surface area contributed by atoms with Crippen molar-refractivity contribution in [2.24, 2.45) is 17.8 Å². The first-order valence-electron chi connectivity index (χ1n) is 25.2. The van der Waals surface area contributed by atoms with E-state index in [1.165, 1.54) is 19.2 Å². The third-order valence-electron chi connectivity index (χ3n) is 15.7. The predicted molar refractivity (Wildman–Crippen MR) is 257 cm³/mol. The molecule has 4 saturated heterocycles. The molecule has 0 spiro atoms. The van der Waals surface area contributed by atoms with Gasteiger partial charge in [0.25, 0.3) is 5.69 Å². The average Bonchev–Trinajstić information content (AvgIpc) is 3.91. The molecule has 1 aromatic carbocycles. The van der Waals surface area contributed by atoms with Gasteiger partial charge in [-0.3, -0.25) is 24.5 Å². The molecular weight excluding hydrogens is 925 g/mol. The number of non-ortho nitro benzene ring substituents is 1. The van der Waals surface area contributed by atoms with Crippen LogP contribution in [0.4, 0.5) is 10.5 Å². The number of fused-ring (bicyclic) bond motifs is 1. The number of carbonyl (C=O) groups excluding carboxylic acids is 2. The lowest BCUT2D eigenvalue weighted by Crippen LogP contribution is -2.61. The molecule has 6 rings (SSSR count). The number of methoxy groups -OCH3 is 1. The summed E-state index contributed by atoms with van der Waals surface area (Å²) in [6, 6.07) is 5.61. The summed E-state index contributed by atoms with van der Waals surface area (Å²) in [5, 5.41) is 56.0. The van der Waals surface area contributed by atoms with Crippen molar-refractivity contribution in [2.75, 3.05) is 34.3 Å². The van der Waals surface area contributed by atoms with Crippen molar-refractivity contribution < 1.29 is 67.7 Å². The molecule has 400 valence electrons. The second-order valence-electron chi connectivity index (χ2n) is 21.5. The normalized spacial score (nSPS) is 40.0. The Labute approximate surface area is 417 Å². The van der Waals surface area contributed by atoms with Crippen molar-refractivity contribution in [1.82, 2.24) is 24.8 Å². The van der Waals surface area contributed by atoms with Gasteiger partial charge < -0.3 is 58.1 Å². The average molecular weight is 1010 g/mol. The lowest BCUT2D eigenvalue weighted by atomic mass is 9.77. The highest BCUT2D eigenvalue weighted by atomic mass is 16.8. The first-order valence-corrected chi connectivity index (χ1v) is 25.2. The molecule has 71 heavy (non-hydrogen) atoms. The van der Waals surface area contributed by atoms with E-state index in [1.54, 1.807) is 51.4 Å². The number of hydrogen-bond acceptors (Lipinski definition) is 19. The van der Waals surface area contributed by atoms with Gasteiger partial charge in [-0.15, -0.1) is 5.10 Å². The number of aromatic nitrogens is 3. The van der Waals surface area contributed by atoms with E-state index in [-0.39, 0.29) is 30.6 Å². The van der Waals surface area contributed by atoms with Crippen LogP contribution in [0.5, 0.6) is 0 Å². The minimum absolute atomic E-state index is 0.0371. The van der Waals surface area contributed by atoms with Crippen LogP contribution in [0.3, 0.4) is 0 Å². The van der Waals surface area contributed by atoms with Crippen molar-refractivity contribution in [2.45, 2.75) is 205 Å². The van der Waals surface area contributed by atoms with Gasteiger partial charge in [0.1, 0.15) is 18.3 Å². The van der Waals surface area contributed by atoms with Gasteiger partial charge in [0.05, 0.1) is 52.2 Å². The topological polar surface area (TPSA) is 249 Å². The molecule has 0 amide bonds. The van der Waals surface area contributed by atoms with Crippen molar-refractivity contribution in [3.63, 3.8) is 0 Å². The quantitative estimate of drug-likeness (QED) is 0.134. The van der Waals surface area contributed by atoms with E-state index in [9.17, 15) is 35.0 Å². The molecule has 2 aromatic rings. The number of nitro groups is 1. The standard InChI is InChI=1S/C50H80N6O15/c1-14-38-50(10)44(70-47(60)71-50)32(6)54(12)26-28(2)24-48(8,61)43(30(4)41(31(5)45(59)67-38)68-39-25-49(9,64-13)42(58)33(7)66-39)69-46-40(57)37(23-29(3)65-46)53(11)21-20-35-27-55(52-51-35)22-19-34-15-17-36(18-16-34)56(62)63/h15-18,27-33,37-44,46,57-58,61H,14,19-26H2,1-13H3/t28-,29-,30+,31-,32-,33+,37+,38-,39+,40-,41+,42+,43-,44-,46+,48-,49-,50-/m1/s1. The Balaban J connectivity index is 1.27. The number of nitrogens with zero attached hydrogens (tertiary/aromatic N) is 6. The molecule has 1 aromatic heterocycles. The van der Waals surface area contributed by atoms with Crippen LogP contribution in [0, 0.1) is 27.9 Å². The molecule has 0 radical (unpaired) electrons. The van der Waals surface area contributed by atoms with Crippen LogP contribution in [0.1, 0.15) is 106 Å². The SMILES string of the molecule is CC[C@H]1OC(=O)[C@H](C)[C@@H](O[C@H]2C[C@@](C)(OC)[C@@H](O)[C@H](C)O2)[C@H](C)[C@@H](O[C@@H]2O[C@H](C)C[C@H](N(C)CCc3cn(CCc4ccc([N+](=O)[O-])cc4)nn3)[C@H]2O)[C@](C)(O)C[C@@H](C)CN(C)[C@H](C)[C@H]2OC(=O)O[C@@]21C. The van der Waals surface area contributed by atoms with E-state index in [4.69, 9.17) is 37.9 Å². The second-order valence-corrected chi connectivity index (χ2v) is 21.5. The monoisotopic (exact) mass is 1000 g/mol. The molecule has 21 heteroatoms. The van der Waals surface area contributed by atoms with Gasteiger partial charge in [-0.2, -0.15) is 0 Å². The van der Waals surface area contributed by atoms with Crippen molar-refractivity contribution in [3.8, 4) is 0 Å². The fourth-order valence-electron chi connectivity index (χ4n) is 11.3. The van der Waals surface area contributed by atoms with Gasteiger partial charge in [0.2, 0.25) is 0 Å². The summed E-state index contributed by atoms with van der Waals surface area (Å²) in [5.41, 5.74) is -2.32. The van der Waals surface area contributed by atoms with Crippen LogP contribution < -0.4 is 0 Å². The number of rotatable bonds is 14. The number of carbonyl (C=O) groups is 2. The molecule has 0 saturated carbocycles. The third kappa shape index (κ3) is 12.9. The van der Waals surface area contributed by atoms with Crippen molar-refractivity contribution in [1.29, 1.82) is 0 Å². The molecular formula is C50H80N6O15. The smallest absolute Gasteiger partial charge is 0.458 e. The zero-order chi connectivity index (χ0) is 52.3. The summed E-state index contributed by atoms with van der Waals surface area (Å²) in [7, 11) is 5.33. The maximum atomic E-state index is 14.7. The second kappa shape index (κ2) is 23.1. The van der Waals surface area contributed by atoms with Crippen LogP contribution in [0.25, 0.3) is 0 Å². The van der Waals surface area contributed by atoms with Gasteiger partial charge in [-0.25, -0.2) is 4.79 Å². The summed E-state index contributed by atoms with van der Waals surface area (Å²) in [4.78, 5) is 42.3.